The van der Waals surface area contributed by atoms with E-state index >= 15 is 0 Å². The van der Waals surface area contributed by atoms with Crippen molar-refractivity contribution in [1.82, 2.24) is 5.32 Å². The van der Waals surface area contributed by atoms with Gasteiger partial charge in [0, 0.05) is 6.04 Å². The lowest BCUT2D eigenvalue weighted by molar-refractivity contribution is 0.489. The first kappa shape index (κ1) is 9.56. The fraction of sp³-hybridized carbons (Fsp3) is 1.00. The molecule has 3 heteroatoms. The highest BCUT2D eigenvalue weighted by atomic mass is 16.3. The van der Waals surface area contributed by atoms with Crippen molar-refractivity contribution in [1.29, 1.82) is 0 Å². The predicted molar refractivity (Wildman–Crippen MR) is 43.0 cm³/mol. The van der Waals surface area contributed by atoms with E-state index in [2.05, 4.69) is 17.4 Å². The summed E-state index contributed by atoms with van der Waals surface area (Å²) in [5.74, 6) is 0. The second-order valence-electron chi connectivity index (χ2n) is 2.42. The minimum absolute atomic E-state index is 0.436. The van der Waals surface area contributed by atoms with Gasteiger partial charge in [0.25, 0.3) is 0 Å². The standard InChI is InChI=1S/C7H16N2O/c1-3-4-7(8-2)5-6-9-10/h7-8H,3-6H2,1-2H3. The molecule has 1 unspecified atom stereocenters. The Bertz CT molecular complexity index is 85.7. The minimum atomic E-state index is 0.436. The summed E-state index contributed by atoms with van der Waals surface area (Å²) < 4.78 is 0. The highest BCUT2D eigenvalue weighted by Crippen LogP contribution is 2.00. The van der Waals surface area contributed by atoms with Gasteiger partial charge in [-0.15, -0.1) is 0 Å². The van der Waals surface area contributed by atoms with E-state index in [1.54, 1.807) is 0 Å². The fourth-order valence-electron chi connectivity index (χ4n) is 0.990. The molecule has 10 heavy (non-hydrogen) atoms. The van der Waals surface area contributed by atoms with Gasteiger partial charge in [-0.3, -0.25) is 0 Å². The molecule has 3 nitrogen and oxygen atoms in total. The molecule has 0 saturated heterocycles. The van der Waals surface area contributed by atoms with E-state index in [4.69, 9.17) is 0 Å². The van der Waals surface area contributed by atoms with E-state index in [0.717, 1.165) is 19.3 Å². The van der Waals surface area contributed by atoms with E-state index in [9.17, 15) is 4.91 Å². The van der Waals surface area contributed by atoms with Crippen molar-refractivity contribution >= 4 is 0 Å². The first-order valence-electron chi connectivity index (χ1n) is 3.81. The molecular weight excluding hydrogens is 128 g/mol. The molecule has 0 aliphatic heterocycles. The van der Waals surface area contributed by atoms with Gasteiger partial charge in [-0.05, 0) is 19.9 Å². The normalized spacial score (nSPS) is 13.0. The van der Waals surface area contributed by atoms with Crippen LogP contribution in [0.1, 0.15) is 26.2 Å². The number of nitrogens with zero attached hydrogens (tertiary/aromatic N) is 1. The summed E-state index contributed by atoms with van der Waals surface area (Å²) in [5.41, 5.74) is 0. The van der Waals surface area contributed by atoms with Crippen LogP contribution in [0.15, 0.2) is 5.18 Å². The molecular formula is C7H16N2O. The molecule has 0 rings (SSSR count). The number of rotatable bonds is 6. The van der Waals surface area contributed by atoms with Gasteiger partial charge in [-0.1, -0.05) is 18.5 Å². The van der Waals surface area contributed by atoms with Gasteiger partial charge in [-0.2, -0.15) is 4.91 Å². The van der Waals surface area contributed by atoms with Gasteiger partial charge >= 0.3 is 0 Å². The molecule has 0 amide bonds. The lowest BCUT2D eigenvalue weighted by Gasteiger charge is -2.11. The molecule has 0 spiro atoms. The zero-order chi connectivity index (χ0) is 7.82. The van der Waals surface area contributed by atoms with E-state index in [1.807, 2.05) is 7.05 Å². The molecule has 0 aromatic carbocycles. The molecule has 1 atom stereocenters. The van der Waals surface area contributed by atoms with E-state index < -0.39 is 0 Å². The molecule has 0 saturated carbocycles. The molecule has 1 N–H and O–H groups in total. The van der Waals surface area contributed by atoms with Crippen LogP contribution in [0.2, 0.25) is 0 Å². The first-order chi connectivity index (χ1) is 4.85. The maximum atomic E-state index is 9.75. The molecule has 60 valence electrons. The van der Waals surface area contributed by atoms with Gasteiger partial charge in [0.2, 0.25) is 0 Å². The minimum Gasteiger partial charge on any atom is -0.317 e. The Balaban J connectivity index is 3.29. The lowest BCUT2D eigenvalue weighted by Crippen LogP contribution is -2.25. The van der Waals surface area contributed by atoms with Crippen molar-refractivity contribution < 1.29 is 0 Å². The monoisotopic (exact) mass is 144 g/mol. The van der Waals surface area contributed by atoms with Crippen molar-refractivity contribution in [3.8, 4) is 0 Å². The third-order valence-corrected chi connectivity index (χ3v) is 1.61. The van der Waals surface area contributed by atoms with Gasteiger partial charge < -0.3 is 5.32 Å². The SMILES string of the molecule is CCCC(CCN=O)NC. The second kappa shape index (κ2) is 6.68. The maximum Gasteiger partial charge on any atom is 0.0826 e. The zero-order valence-electron chi connectivity index (χ0n) is 6.76. The summed E-state index contributed by atoms with van der Waals surface area (Å²) >= 11 is 0. The average molecular weight is 144 g/mol. The summed E-state index contributed by atoms with van der Waals surface area (Å²) in [4.78, 5) is 9.75. The van der Waals surface area contributed by atoms with Crippen molar-refractivity contribution in [2.24, 2.45) is 5.18 Å². The van der Waals surface area contributed by atoms with Gasteiger partial charge in [0.15, 0.2) is 0 Å². The Morgan fingerprint density at radius 3 is 2.60 bits per heavy atom. The van der Waals surface area contributed by atoms with Crippen molar-refractivity contribution in [2.75, 3.05) is 13.6 Å². The maximum absolute atomic E-state index is 9.75. The molecule has 0 heterocycles. The Labute approximate surface area is 62.2 Å². The highest BCUT2D eigenvalue weighted by Gasteiger charge is 2.02. The first-order valence-corrected chi connectivity index (χ1v) is 3.81. The van der Waals surface area contributed by atoms with Crippen LogP contribution in [0.4, 0.5) is 0 Å². The summed E-state index contributed by atoms with van der Waals surface area (Å²) in [6.07, 6.45) is 3.16. The van der Waals surface area contributed by atoms with Gasteiger partial charge in [0.05, 0.1) is 6.54 Å². The van der Waals surface area contributed by atoms with Crippen molar-refractivity contribution in [3.63, 3.8) is 0 Å². The molecule has 0 aromatic rings. The zero-order valence-corrected chi connectivity index (χ0v) is 6.76. The summed E-state index contributed by atoms with van der Waals surface area (Å²) in [5, 5.41) is 5.95. The largest absolute Gasteiger partial charge is 0.317 e. The van der Waals surface area contributed by atoms with Gasteiger partial charge in [0.1, 0.15) is 0 Å². The second-order valence-corrected chi connectivity index (χ2v) is 2.42. The fourth-order valence-corrected chi connectivity index (χ4v) is 0.990. The lowest BCUT2D eigenvalue weighted by atomic mass is 10.1. The van der Waals surface area contributed by atoms with Crippen molar-refractivity contribution in [3.05, 3.63) is 4.91 Å². The van der Waals surface area contributed by atoms with Crippen LogP contribution in [0.5, 0.6) is 0 Å². The Morgan fingerprint density at radius 2 is 2.20 bits per heavy atom. The van der Waals surface area contributed by atoms with Crippen molar-refractivity contribution in [2.45, 2.75) is 32.2 Å². The summed E-state index contributed by atoms with van der Waals surface area (Å²) in [6, 6.07) is 0.475. The Hall–Kier alpha value is -0.440. The van der Waals surface area contributed by atoms with E-state index in [1.165, 1.54) is 0 Å². The topological polar surface area (TPSA) is 41.5 Å². The van der Waals surface area contributed by atoms with Crippen LogP contribution < -0.4 is 5.32 Å². The van der Waals surface area contributed by atoms with Crippen LogP contribution in [0.25, 0.3) is 0 Å². The number of nitrogens with one attached hydrogen (secondary N) is 1. The average Bonchev–Trinajstić information content (AvgIpc) is 1.98. The molecule has 0 fully saturated rings. The smallest absolute Gasteiger partial charge is 0.0826 e. The highest BCUT2D eigenvalue weighted by molar-refractivity contribution is 4.64. The third-order valence-electron chi connectivity index (χ3n) is 1.61. The number of nitroso groups, excluding NO2 is 1. The van der Waals surface area contributed by atoms with Crippen LogP contribution in [-0.2, 0) is 0 Å². The summed E-state index contributed by atoms with van der Waals surface area (Å²) in [6.45, 7) is 2.57. The molecule has 0 aromatic heterocycles. The molecule has 0 aliphatic rings. The van der Waals surface area contributed by atoms with E-state index in [0.29, 0.717) is 12.6 Å². The quantitative estimate of drug-likeness (QED) is 0.574. The van der Waals surface area contributed by atoms with Gasteiger partial charge in [-0.25, -0.2) is 0 Å². The van der Waals surface area contributed by atoms with Crippen LogP contribution in [0, 0.1) is 4.91 Å². The summed E-state index contributed by atoms with van der Waals surface area (Å²) in [7, 11) is 1.92. The molecule has 0 bridgehead atoms. The van der Waals surface area contributed by atoms with Crippen LogP contribution in [-0.4, -0.2) is 19.6 Å². The predicted octanol–water partition coefficient (Wildman–Crippen LogP) is 1.53. The third kappa shape index (κ3) is 4.44. The molecule has 0 radical (unpaired) electrons. The molecule has 0 aliphatic carbocycles. The van der Waals surface area contributed by atoms with Crippen LogP contribution >= 0.6 is 0 Å². The Morgan fingerprint density at radius 1 is 1.50 bits per heavy atom. The number of hydrogen-bond acceptors (Lipinski definition) is 3. The van der Waals surface area contributed by atoms with E-state index in [-0.39, 0.29) is 0 Å². The Kier molecular flexibility index (Phi) is 6.38. The van der Waals surface area contributed by atoms with Crippen LogP contribution in [0.3, 0.4) is 0 Å². The number of hydrogen-bond donors (Lipinski definition) is 1.